The van der Waals surface area contributed by atoms with Crippen molar-refractivity contribution in [3.63, 3.8) is 0 Å². The number of aryl methyl sites for hydroxylation is 3. The largest absolute Gasteiger partial charge is 0.480 e. The number of nitrogens with one attached hydrogen (secondary N) is 1. The minimum atomic E-state index is -0.710. The predicted molar refractivity (Wildman–Crippen MR) is 106 cm³/mol. The molecule has 1 amide bonds. The van der Waals surface area contributed by atoms with Gasteiger partial charge in [-0.05, 0) is 50.5 Å². The number of carbonyl (C=O) groups is 1. The van der Waals surface area contributed by atoms with Gasteiger partial charge < -0.3 is 14.5 Å². The highest BCUT2D eigenvalue weighted by molar-refractivity contribution is 5.88. The molecular weight excluding hydrogens is 358 g/mol. The zero-order valence-corrected chi connectivity index (χ0v) is 16.8. The van der Waals surface area contributed by atoms with Crippen LogP contribution in [-0.2, 0) is 24.8 Å². The van der Waals surface area contributed by atoms with Crippen LogP contribution in [0.1, 0.15) is 36.2 Å². The molecule has 3 rings (SSSR count). The Kier molecular flexibility index (Phi) is 5.53. The molecule has 0 aliphatic rings. The monoisotopic (exact) mass is 383 g/mol. The molecule has 1 unspecified atom stereocenters. The summed E-state index contributed by atoms with van der Waals surface area (Å²) in [5.41, 5.74) is 3.76. The first kappa shape index (κ1) is 19.7. The highest BCUT2D eigenvalue weighted by atomic mass is 16.5. The van der Waals surface area contributed by atoms with E-state index in [4.69, 9.17) is 9.15 Å². The van der Waals surface area contributed by atoms with Crippen molar-refractivity contribution in [3.8, 4) is 5.75 Å². The van der Waals surface area contributed by atoms with Crippen molar-refractivity contribution in [3.05, 3.63) is 57.2 Å². The first-order valence-corrected chi connectivity index (χ1v) is 9.29. The number of aromatic nitrogens is 2. The maximum absolute atomic E-state index is 12.5. The lowest BCUT2D eigenvalue weighted by Crippen LogP contribution is -2.36. The predicted octanol–water partition coefficient (Wildman–Crippen LogP) is 2.79. The molecule has 2 heterocycles. The second-order valence-electron chi connectivity index (χ2n) is 6.94. The lowest BCUT2D eigenvalue weighted by molar-refractivity contribution is -0.127. The molecule has 0 radical (unpaired) electrons. The van der Waals surface area contributed by atoms with Gasteiger partial charge in [-0.3, -0.25) is 9.48 Å². The van der Waals surface area contributed by atoms with Crippen molar-refractivity contribution in [1.29, 1.82) is 0 Å². The highest BCUT2D eigenvalue weighted by Crippen LogP contribution is 2.31. The summed E-state index contributed by atoms with van der Waals surface area (Å²) in [6.07, 6.45) is 1.69. The molecule has 28 heavy (non-hydrogen) atoms. The number of hydrogen-bond donors (Lipinski definition) is 1. The Morgan fingerprint density at radius 1 is 1.29 bits per heavy atom. The standard InChI is InChI=1S/C21H25N3O4/c1-6-15-9-19(25)28-18-8-12(2)7-17(20(15)18)27-14(4)21(26)22-10-16-11-23-24(5)13(16)3/h7-9,11,14H,6,10H2,1-5H3,(H,22,26). The SMILES string of the molecule is CCc1cc(=O)oc2cc(C)cc(OC(C)C(=O)NCc3cnn(C)c3C)c12. The summed E-state index contributed by atoms with van der Waals surface area (Å²) in [7, 11) is 1.86. The number of ether oxygens (including phenoxy) is 1. The van der Waals surface area contributed by atoms with Crippen molar-refractivity contribution in [2.75, 3.05) is 0 Å². The molecule has 1 N–H and O–H groups in total. The molecule has 0 saturated carbocycles. The van der Waals surface area contributed by atoms with Crippen LogP contribution < -0.4 is 15.7 Å². The van der Waals surface area contributed by atoms with Gasteiger partial charge in [0.2, 0.25) is 0 Å². The number of rotatable bonds is 6. The van der Waals surface area contributed by atoms with Gasteiger partial charge in [0, 0.05) is 30.9 Å². The summed E-state index contributed by atoms with van der Waals surface area (Å²) in [5.74, 6) is 0.309. The van der Waals surface area contributed by atoms with Gasteiger partial charge in [0.05, 0.1) is 11.6 Å². The molecule has 0 spiro atoms. The maximum Gasteiger partial charge on any atom is 0.336 e. The van der Waals surface area contributed by atoms with E-state index in [9.17, 15) is 9.59 Å². The van der Waals surface area contributed by atoms with Gasteiger partial charge in [0.25, 0.3) is 5.91 Å². The van der Waals surface area contributed by atoms with Crippen LogP contribution >= 0.6 is 0 Å². The fraction of sp³-hybridized carbons (Fsp3) is 0.381. The first-order chi connectivity index (χ1) is 13.3. The lowest BCUT2D eigenvalue weighted by atomic mass is 10.0. The smallest absolute Gasteiger partial charge is 0.336 e. The Balaban J connectivity index is 1.82. The van der Waals surface area contributed by atoms with Gasteiger partial charge in [-0.1, -0.05) is 6.92 Å². The average molecular weight is 383 g/mol. The molecular formula is C21H25N3O4. The number of amides is 1. The average Bonchev–Trinajstić information content (AvgIpc) is 2.96. The number of fused-ring (bicyclic) bond motifs is 1. The van der Waals surface area contributed by atoms with E-state index < -0.39 is 11.7 Å². The number of hydrogen-bond acceptors (Lipinski definition) is 5. The Bertz CT molecular complexity index is 1080. The van der Waals surface area contributed by atoms with Crippen LogP contribution in [0.3, 0.4) is 0 Å². The lowest BCUT2D eigenvalue weighted by Gasteiger charge is -2.17. The summed E-state index contributed by atoms with van der Waals surface area (Å²) in [4.78, 5) is 24.3. The zero-order chi connectivity index (χ0) is 20.4. The van der Waals surface area contributed by atoms with Crippen molar-refractivity contribution in [2.45, 2.75) is 46.8 Å². The van der Waals surface area contributed by atoms with Gasteiger partial charge >= 0.3 is 5.63 Å². The van der Waals surface area contributed by atoms with Crippen molar-refractivity contribution >= 4 is 16.9 Å². The molecule has 3 aromatic rings. The number of benzene rings is 1. The Hall–Kier alpha value is -3.09. The molecule has 7 nitrogen and oxygen atoms in total. The van der Waals surface area contributed by atoms with E-state index in [0.717, 1.165) is 27.8 Å². The molecule has 1 atom stereocenters. The highest BCUT2D eigenvalue weighted by Gasteiger charge is 2.19. The Morgan fingerprint density at radius 2 is 2.04 bits per heavy atom. The summed E-state index contributed by atoms with van der Waals surface area (Å²) in [6.45, 7) is 7.89. The number of nitrogens with zero attached hydrogens (tertiary/aromatic N) is 2. The van der Waals surface area contributed by atoms with E-state index in [-0.39, 0.29) is 5.91 Å². The van der Waals surface area contributed by atoms with Crippen molar-refractivity contribution in [1.82, 2.24) is 15.1 Å². The fourth-order valence-corrected chi connectivity index (χ4v) is 3.13. The Morgan fingerprint density at radius 3 is 2.68 bits per heavy atom. The maximum atomic E-state index is 12.5. The van der Waals surface area contributed by atoms with Gasteiger partial charge in [-0.25, -0.2) is 4.79 Å². The fourth-order valence-electron chi connectivity index (χ4n) is 3.13. The van der Waals surface area contributed by atoms with Crippen molar-refractivity contribution in [2.24, 2.45) is 7.05 Å². The second-order valence-corrected chi connectivity index (χ2v) is 6.94. The van der Waals surface area contributed by atoms with Crippen LogP contribution in [0.15, 0.2) is 33.6 Å². The summed E-state index contributed by atoms with van der Waals surface area (Å²) in [6, 6.07) is 5.13. The van der Waals surface area contributed by atoms with E-state index in [2.05, 4.69) is 10.4 Å². The van der Waals surface area contributed by atoms with E-state index in [1.165, 1.54) is 6.07 Å². The van der Waals surface area contributed by atoms with Crippen LogP contribution in [0.5, 0.6) is 5.75 Å². The van der Waals surface area contributed by atoms with Crippen LogP contribution in [-0.4, -0.2) is 21.8 Å². The van der Waals surface area contributed by atoms with E-state index in [1.807, 2.05) is 33.9 Å². The van der Waals surface area contributed by atoms with E-state index in [1.54, 1.807) is 23.9 Å². The minimum Gasteiger partial charge on any atom is -0.480 e. The summed E-state index contributed by atoms with van der Waals surface area (Å²) >= 11 is 0. The summed E-state index contributed by atoms with van der Waals surface area (Å²) in [5, 5.41) is 7.79. The molecule has 0 aliphatic carbocycles. The van der Waals surface area contributed by atoms with Crippen LogP contribution in [0.2, 0.25) is 0 Å². The normalized spacial score (nSPS) is 12.2. The third kappa shape index (κ3) is 3.93. The van der Waals surface area contributed by atoms with Crippen LogP contribution in [0, 0.1) is 13.8 Å². The molecule has 1 aromatic carbocycles. The van der Waals surface area contributed by atoms with Gasteiger partial charge in [0.1, 0.15) is 11.3 Å². The third-order valence-electron chi connectivity index (χ3n) is 4.88. The first-order valence-electron chi connectivity index (χ1n) is 9.29. The van der Waals surface area contributed by atoms with E-state index >= 15 is 0 Å². The third-order valence-corrected chi connectivity index (χ3v) is 4.88. The molecule has 148 valence electrons. The van der Waals surface area contributed by atoms with E-state index in [0.29, 0.717) is 24.3 Å². The molecule has 0 saturated heterocycles. The summed E-state index contributed by atoms with van der Waals surface area (Å²) < 4.78 is 13.1. The van der Waals surface area contributed by atoms with Gasteiger partial charge in [0.15, 0.2) is 6.10 Å². The molecule has 7 heteroatoms. The van der Waals surface area contributed by atoms with Crippen molar-refractivity contribution < 1.29 is 13.9 Å². The quantitative estimate of drug-likeness (QED) is 0.662. The molecule has 0 bridgehead atoms. The topological polar surface area (TPSA) is 86.4 Å². The minimum absolute atomic E-state index is 0.228. The zero-order valence-electron chi connectivity index (χ0n) is 16.8. The second kappa shape index (κ2) is 7.88. The molecule has 0 fully saturated rings. The number of carbonyl (C=O) groups excluding carboxylic acids is 1. The molecule has 0 aliphatic heterocycles. The van der Waals surface area contributed by atoms with Gasteiger partial charge in [-0.2, -0.15) is 5.10 Å². The van der Waals surface area contributed by atoms with Crippen LogP contribution in [0.4, 0.5) is 0 Å². The Labute approximate surface area is 163 Å². The van der Waals surface area contributed by atoms with Gasteiger partial charge in [-0.15, -0.1) is 0 Å². The van der Waals surface area contributed by atoms with Crippen LogP contribution in [0.25, 0.3) is 11.0 Å². The molecule has 2 aromatic heterocycles.